The lowest BCUT2D eigenvalue weighted by Crippen LogP contribution is -2.33. The second-order valence-corrected chi connectivity index (χ2v) is 6.49. The molecule has 0 heterocycles. The molecule has 0 bridgehead atoms. The zero-order chi connectivity index (χ0) is 16.9. The highest BCUT2D eigenvalue weighted by Gasteiger charge is 2.32. The number of carbonyl (C=O) groups is 1. The average Bonchev–Trinajstić information content (AvgIpc) is 2.61. The third-order valence-electron chi connectivity index (χ3n) is 4.83. The minimum absolute atomic E-state index is 0.0520. The number of hydrogen-bond acceptors (Lipinski definition) is 2. The molecular weight excluding hydrogens is 298 g/mol. The van der Waals surface area contributed by atoms with Crippen LogP contribution in [0.15, 0.2) is 54.6 Å². The summed E-state index contributed by atoms with van der Waals surface area (Å²) in [6, 6.07) is 14.6. The highest BCUT2D eigenvalue weighted by molar-refractivity contribution is 5.88. The van der Waals surface area contributed by atoms with Crippen molar-refractivity contribution in [3.8, 4) is 0 Å². The fourth-order valence-electron chi connectivity index (χ4n) is 3.54. The first-order valence-electron chi connectivity index (χ1n) is 8.77. The normalized spacial score (nSPS) is 23.5. The number of primary amides is 1. The second-order valence-electron chi connectivity index (χ2n) is 6.49. The van der Waals surface area contributed by atoms with Crippen molar-refractivity contribution < 1.29 is 9.53 Å². The van der Waals surface area contributed by atoms with E-state index in [1.807, 2.05) is 24.3 Å². The molecule has 3 nitrogen and oxygen atoms in total. The predicted molar refractivity (Wildman–Crippen MR) is 97.8 cm³/mol. The first-order valence-corrected chi connectivity index (χ1v) is 8.77. The van der Waals surface area contributed by atoms with E-state index in [1.54, 1.807) is 0 Å². The van der Waals surface area contributed by atoms with Gasteiger partial charge in [-0.3, -0.25) is 4.79 Å². The molecule has 0 aliphatic heterocycles. The van der Waals surface area contributed by atoms with Gasteiger partial charge in [-0.1, -0.05) is 68.0 Å². The van der Waals surface area contributed by atoms with E-state index in [1.165, 1.54) is 16.3 Å². The Bertz CT molecular complexity index is 732. The first-order chi connectivity index (χ1) is 11.7. The van der Waals surface area contributed by atoms with Gasteiger partial charge in [0, 0.05) is 12.5 Å². The van der Waals surface area contributed by atoms with Gasteiger partial charge in [0.2, 0.25) is 5.91 Å². The number of ether oxygens (including phenoxy) is 1. The van der Waals surface area contributed by atoms with Gasteiger partial charge in [-0.2, -0.15) is 0 Å². The van der Waals surface area contributed by atoms with Gasteiger partial charge in [-0.05, 0) is 29.2 Å². The molecule has 0 aromatic heterocycles. The average molecular weight is 323 g/mol. The smallest absolute Gasteiger partial charge is 0.224 e. The van der Waals surface area contributed by atoms with Gasteiger partial charge in [0.15, 0.2) is 0 Å². The Labute approximate surface area is 143 Å². The largest absolute Gasteiger partial charge is 0.374 e. The molecule has 2 aromatic rings. The van der Waals surface area contributed by atoms with Crippen molar-refractivity contribution in [3.05, 3.63) is 60.2 Å². The van der Waals surface area contributed by atoms with E-state index in [2.05, 4.69) is 37.3 Å². The Morgan fingerprint density at radius 2 is 1.96 bits per heavy atom. The minimum atomic E-state index is -0.276. The Kier molecular flexibility index (Phi) is 5.31. The van der Waals surface area contributed by atoms with Crippen LogP contribution in [0, 0.1) is 5.92 Å². The van der Waals surface area contributed by atoms with Gasteiger partial charge >= 0.3 is 0 Å². The fourth-order valence-corrected chi connectivity index (χ4v) is 3.54. The van der Waals surface area contributed by atoms with E-state index in [0.717, 1.165) is 25.9 Å². The van der Waals surface area contributed by atoms with Gasteiger partial charge < -0.3 is 10.5 Å². The maximum atomic E-state index is 12.0. The quantitative estimate of drug-likeness (QED) is 0.641. The van der Waals surface area contributed by atoms with Gasteiger partial charge in [0.25, 0.3) is 0 Å². The van der Waals surface area contributed by atoms with Crippen LogP contribution in [0.1, 0.15) is 37.7 Å². The zero-order valence-electron chi connectivity index (χ0n) is 14.2. The van der Waals surface area contributed by atoms with Crippen molar-refractivity contribution in [2.24, 2.45) is 11.7 Å². The number of amides is 1. The number of fused-ring (bicyclic) bond motifs is 1. The highest BCUT2D eigenvalue weighted by atomic mass is 16.5. The Morgan fingerprint density at radius 3 is 2.75 bits per heavy atom. The maximum absolute atomic E-state index is 12.0. The summed E-state index contributed by atoms with van der Waals surface area (Å²) < 4.78 is 5.98. The van der Waals surface area contributed by atoms with Crippen LogP contribution in [0.2, 0.25) is 0 Å². The number of benzene rings is 2. The number of hydrogen-bond donors (Lipinski definition) is 1. The minimum Gasteiger partial charge on any atom is -0.374 e. The standard InChI is InChI=1S/C21H25NO2/c1-2-3-13-24-16-11-12-19(21(22)23)20(14-16)18-10-6-8-15-7-4-5-9-17(15)18/h4-12,16,19-20H,2-3,13-14H2,1H3,(H2,22,23). The van der Waals surface area contributed by atoms with Crippen molar-refractivity contribution >= 4 is 16.7 Å². The van der Waals surface area contributed by atoms with Gasteiger partial charge in [0.1, 0.15) is 0 Å². The number of nitrogens with two attached hydrogens (primary N) is 1. The van der Waals surface area contributed by atoms with Crippen LogP contribution in [0.3, 0.4) is 0 Å². The summed E-state index contributed by atoms with van der Waals surface area (Å²) in [5.74, 6) is -0.483. The van der Waals surface area contributed by atoms with E-state index in [0.29, 0.717) is 0 Å². The Balaban J connectivity index is 1.93. The summed E-state index contributed by atoms with van der Waals surface area (Å²) in [5.41, 5.74) is 6.86. The summed E-state index contributed by atoms with van der Waals surface area (Å²) in [6.07, 6.45) is 6.97. The molecule has 2 N–H and O–H groups in total. The van der Waals surface area contributed by atoms with Crippen LogP contribution >= 0.6 is 0 Å². The Morgan fingerprint density at radius 1 is 1.17 bits per heavy atom. The van der Waals surface area contributed by atoms with Crippen LogP contribution in [-0.4, -0.2) is 18.6 Å². The molecule has 0 fully saturated rings. The van der Waals surface area contributed by atoms with Crippen LogP contribution in [0.5, 0.6) is 0 Å². The fraction of sp³-hybridized carbons (Fsp3) is 0.381. The Hall–Kier alpha value is -2.13. The molecule has 3 atom stereocenters. The summed E-state index contributed by atoms with van der Waals surface area (Å²) >= 11 is 0. The van der Waals surface area contributed by atoms with Crippen LogP contribution in [0.25, 0.3) is 10.8 Å². The van der Waals surface area contributed by atoms with Crippen molar-refractivity contribution in [2.45, 2.75) is 38.2 Å². The molecule has 3 unspecified atom stereocenters. The molecule has 0 saturated carbocycles. The lowest BCUT2D eigenvalue weighted by Gasteiger charge is -2.31. The summed E-state index contributed by atoms with van der Waals surface area (Å²) in [5, 5.41) is 2.38. The molecule has 126 valence electrons. The molecule has 24 heavy (non-hydrogen) atoms. The second kappa shape index (κ2) is 7.63. The number of rotatable bonds is 6. The lowest BCUT2D eigenvalue weighted by molar-refractivity contribution is -0.121. The van der Waals surface area contributed by atoms with Gasteiger partial charge in [-0.25, -0.2) is 0 Å². The third-order valence-corrected chi connectivity index (χ3v) is 4.83. The lowest BCUT2D eigenvalue weighted by atomic mass is 9.76. The zero-order valence-corrected chi connectivity index (χ0v) is 14.2. The molecule has 2 aromatic carbocycles. The molecular formula is C21H25NO2. The van der Waals surface area contributed by atoms with Crippen molar-refractivity contribution in [3.63, 3.8) is 0 Å². The van der Waals surface area contributed by atoms with E-state index in [-0.39, 0.29) is 23.8 Å². The van der Waals surface area contributed by atoms with Crippen LogP contribution < -0.4 is 5.73 Å². The SMILES string of the molecule is CCCCOC1C=CC(C(N)=O)C(c2cccc3ccccc23)C1. The third kappa shape index (κ3) is 3.51. The molecule has 0 spiro atoms. The summed E-state index contributed by atoms with van der Waals surface area (Å²) in [4.78, 5) is 12.0. The highest BCUT2D eigenvalue weighted by Crippen LogP contribution is 2.38. The molecule has 1 aliphatic rings. The van der Waals surface area contributed by atoms with Gasteiger partial charge in [-0.15, -0.1) is 0 Å². The number of unbranched alkanes of at least 4 members (excludes halogenated alkanes) is 1. The van der Waals surface area contributed by atoms with E-state index in [9.17, 15) is 4.79 Å². The molecule has 1 aliphatic carbocycles. The van der Waals surface area contributed by atoms with Crippen molar-refractivity contribution in [1.29, 1.82) is 0 Å². The van der Waals surface area contributed by atoms with E-state index in [4.69, 9.17) is 10.5 Å². The van der Waals surface area contributed by atoms with E-state index >= 15 is 0 Å². The van der Waals surface area contributed by atoms with Crippen molar-refractivity contribution in [2.75, 3.05) is 6.61 Å². The first kappa shape index (κ1) is 16.7. The summed E-state index contributed by atoms with van der Waals surface area (Å²) in [6.45, 7) is 2.91. The molecule has 0 saturated heterocycles. The predicted octanol–water partition coefficient (Wildman–Crippen LogP) is 4.17. The van der Waals surface area contributed by atoms with Gasteiger partial charge in [0.05, 0.1) is 12.0 Å². The van der Waals surface area contributed by atoms with Crippen LogP contribution in [-0.2, 0) is 9.53 Å². The monoisotopic (exact) mass is 323 g/mol. The topological polar surface area (TPSA) is 52.3 Å². The molecule has 0 radical (unpaired) electrons. The van der Waals surface area contributed by atoms with Crippen molar-refractivity contribution in [1.82, 2.24) is 0 Å². The van der Waals surface area contributed by atoms with Crippen LogP contribution in [0.4, 0.5) is 0 Å². The maximum Gasteiger partial charge on any atom is 0.224 e. The molecule has 3 rings (SSSR count). The molecule has 3 heteroatoms. The number of carbonyl (C=O) groups excluding carboxylic acids is 1. The molecule has 1 amide bonds. The summed E-state index contributed by atoms with van der Waals surface area (Å²) in [7, 11) is 0. The van der Waals surface area contributed by atoms with E-state index < -0.39 is 0 Å².